The first-order valence-electron chi connectivity index (χ1n) is 5.87. The van der Waals surface area contributed by atoms with Gasteiger partial charge in [-0.25, -0.2) is 9.71 Å². The lowest BCUT2D eigenvalue weighted by molar-refractivity contribution is 0.446. The lowest BCUT2D eigenvalue weighted by Gasteiger charge is -2.17. The van der Waals surface area contributed by atoms with Crippen LogP contribution < -0.4 is 10.0 Å². The van der Waals surface area contributed by atoms with E-state index in [0.717, 1.165) is 13.0 Å². The SMILES string of the molecule is CNCCCN(C)S(=O)(=O)NCCn1ccnc1. The topological polar surface area (TPSA) is 79.3 Å². The van der Waals surface area contributed by atoms with Crippen molar-refractivity contribution >= 4 is 10.2 Å². The van der Waals surface area contributed by atoms with Crippen LogP contribution in [0.15, 0.2) is 18.7 Å². The van der Waals surface area contributed by atoms with Gasteiger partial charge in [0.25, 0.3) is 10.2 Å². The second kappa shape index (κ2) is 7.47. The van der Waals surface area contributed by atoms with Gasteiger partial charge in [0.1, 0.15) is 0 Å². The molecule has 0 unspecified atom stereocenters. The van der Waals surface area contributed by atoms with E-state index < -0.39 is 10.2 Å². The maximum Gasteiger partial charge on any atom is 0.279 e. The quantitative estimate of drug-likeness (QED) is 0.582. The van der Waals surface area contributed by atoms with E-state index in [1.54, 1.807) is 25.8 Å². The largest absolute Gasteiger partial charge is 0.336 e. The van der Waals surface area contributed by atoms with E-state index in [9.17, 15) is 8.42 Å². The summed E-state index contributed by atoms with van der Waals surface area (Å²) in [5.41, 5.74) is 0. The van der Waals surface area contributed by atoms with Gasteiger partial charge in [-0.05, 0) is 20.0 Å². The van der Waals surface area contributed by atoms with Crippen molar-refractivity contribution in [2.75, 3.05) is 33.7 Å². The predicted molar refractivity (Wildman–Crippen MR) is 70.3 cm³/mol. The lowest BCUT2D eigenvalue weighted by atomic mass is 10.4. The van der Waals surface area contributed by atoms with E-state index in [1.807, 2.05) is 11.6 Å². The summed E-state index contributed by atoms with van der Waals surface area (Å²) in [6.45, 7) is 2.23. The van der Waals surface area contributed by atoms with Gasteiger partial charge in [-0.1, -0.05) is 0 Å². The van der Waals surface area contributed by atoms with Gasteiger partial charge in [0, 0.05) is 39.1 Å². The van der Waals surface area contributed by atoms with Crippen LogP contribution in [0.1, 0.15) is 6.42 Å². The first-order valence-corrected chi connectivity index (χ1v) is 7.31. The predicted octanol–water partition coefficient (Wildman–Crippen LogP) is -0.741. The van der Waals surface area contributed by atoms with E-state index in [4.69, 9.17) is 0 Å². The number of hydrogen-bond donors (Lipinski definition) is 2. The van der Waals surface area contributed by atoms with E-state index in [-0.39, 0.29) is 0 Å². The van der Waals surface area contributed by atoms with Gasteiger partial charge < -0.3 is 9.88 Å². The minimum atomic E-state index is -3.37. The van der Waals surface area contributed by atoms with Crippen LogP contribution >= 0.6 is 0 Å². The Morgan fingerprint density at radius 1 is 1.39 bits per heavy atom. The van der Waals surface area contributed by atoms with E-state index in [1.165, 1.54) is 4.31 Å². The minimum Gasteiger partial charge on any atom is -0.336 e. The van der Waals surface area contributed by atoms with Gasteiger partial charge in [-0.2, -0.15) is 12.7 Å². The highest BCUT2D eigenvalue weighted by Crippen LogP contribution is 1.95. The van der Waals surface area contributed by atoms with Gasteiger partial charge in [0.05, 0.1) is 6.33 Å². The van der Waals surface area contributed by atoms with Crippen molar-refractivity contribution in [3.05, 3.63) is 18.7 Å². The fraction of sp³-hybridized carbons (Fsp3) is 0.700. The monoisotopic (exact) mass is 275 g/mol. The zero-order valence-corrected chi connectivity index (χ0v) is 11.7. The van der Waals surface area contributed by atoms with Crippen molar-refractivity contribution in [2.24, 2.45) is 0 Å². The molecule has 0 bridgehead atoms. The summed E-state index contributed by atoms with van der Waals surface area (Å²) < 4.78 is 29.4. The maximum absolute atomic E-state index is 11.8. The van der Waals surface area contributed by atoms with Crippen LogP contribution in [0.3, 0.4) is 0 Å². The number of imidazole rings is 1. The van der Waals surface area contributed by atoms with Crippen molar-refractivity contribution in [3.8, 4) is 0 Å². The molecule has 2 N–H and O–H groups in total. The van der Waals surface area contributed by atoms with Crippen LogP contribution in [-0.2, 0) is 16.8 Å². The number of aromatic nitrogens is 2. The fourth-order valence-electron chi connectivity index (χ4n) is 1.43. The molecule has 0 aromatic carbocycles. The maximum atomic E-state index is 11.8. The third kappa shape index (κ3) is 5.13. The molecule has 0 atom stereocenters. The molecule has 18 heavy (non-hydrogen) atoms. The van der Waals surface area contributed by atoms with Crippen LogP contribution in [0.2, 0.25) is 0 Å². The molecule has 7 nitrogen and oxygen atoms in total. The molecule has 0 aliphatic carbocycles. The highest BCUT2D eigenvalue weighted by molar-refractivity contribution is 7.87. The summed E-state index contributed by atoms with van der Waals surface area (Å²) in [5, 5.41) is 2.98. The molecule has 0 saturated carbocycles. The Labute approximate surface area is 108 Å². The van der Waals surface area contributed by atoms with Gasteiger partial charge in [0.2, 0.25) is 0 Å². The molecule has 0 radical (unpaired) electrons. The third-order valence-corrected chi connectivity index (χ3v) is 4.10. The first kappa shape index (κ1) is 15.1. The van der Waals surface area contributed by atoms with Crippen molar-refractivity contribution in [1.29, 1.82) is 0 Å². The Balaban J connectivity index is 2.30. The molecule has 0 saturated heterocycles. The molecule has 8 heteroatoms. The van der Waals surface area contributed by atoms with Crippen LogP contribution in [0.4, 0.5) is 0 Å². The number of rotatable bonds is 9. The van der Waals surface area contributed by atoms with Gasteiger partial charge in [0.15, 0.2) is 0 Å². The first-order chi connectivity index (χ1) is 8.56. The lowest BCUT2D eigenvalue weighted by Crippen LogP contribution is -2.40. The summed E-state index contributed by atoms with van der Waals surface area (Å²) in [6.07, 6.45) is 5.91. The highest BCUT2D eigenvalue weighted by atomic mass is 32.2. The summed E-state index contributed by atoms with van der Waals surface area (Å²) >= 11 is 0. The zero-order valence-electron chi connectivity index (χ0n) is 10.8. The molecule has 1 rings (SSSR count). The molecule has 1 heterocycles. The Bertz CT molecular complexity index is 417. The molecule has 1 aromatic heterocycles. The second-order valence-corrected chi connectivity index (χ2v) is 5.84. The molecular formula is C10H21N5O2S. The third-order valence-electron chi connectivity index (χ3n) is 2.52. The fourth-order valence-corrected chi connectivity index (χ4v) is 2.37. The molecule has 1 aromatic rings. The molecule has 104 valence electrons. The van der Waals surface area contributed by atoms with Crippen LogP contribution in [0, 0.1) is 0 Å². The van der Waals surface area contributed by atoms with E-state index in [2.05, 4.69) is 15.0 Å². The van der Waals surface area contributed by atoms with Crippen molar-refractivity contribution < 1.29 is 8.42 Å². The van der Waals surface area contributed by atoms with Crippen molar-refractivity contribution in [3.63, 3.8) is 0 Å². The molecule has 0 amide bonds. The van der Waals surface area contributed by atoms with Gasteiger partial charge >= 0.3 is 0 Å². The van der Waals surface area contributed by atoms with Crippen molar-refractivity contribution in [1.82, 2.24) is 23.9 Å². The van der Waals surface area contributed by atoms with Crippen molar-refractivity contribution in [2.45, 2.75) is 13.0 Å². The number of hydrogen-bond acceptors (Lipinski definition) is 4. The standard InChI is InChI=1S/C10H21N5O2S/c1-11-4-3-7-14(2)18(16,17)13-6-9-15-8-5-12-10-15/h5,8,10-11,13H,3-4,6-7,9H2,1-2H3. The van der Waals surface area contributed by atoms with Gasteiger partial charge in [-0.15, -0.1) is 0 Å². The second-order valence-electron chi connectivity index (χ2n) is 3.98. The highest BCUT2D eigenvalue weighted by Gasteiger charge is 2.15. The van der Waals surface area contributed by atoms with E-state index >= 15 is 0 Å². The average molecular weight is 275 g/mol. The molecule has 0 spiro atoms. The van der Waals surface area contributed by atoms with Crippen LogP contribution in [0.5, 0.6) is 0 Å². The molecular weight excluding hydrogens is 254 g/mol. The molecule has 0 aliphatic rings. The number of nitrogens with zero attached hydrogens (tertiary/aromatic N) is 3. The van der Waals surface area contributed by atoms with E-state index in [0.29, 0.717) is 19.6 Å². The summed E-state index contributed by atoms with van der Waals surface area (Å²) in [4.78, 5) is 3.89. The molecule has 0 aliphatic heterocycles. The summed E-state index contributed by atoms with van der Waals surface area (Å²) in [6, 6.07) is 0. The smallest absolute Gasteiger partial charge is 0.279 e. The normalized spacial score (nSPS) is 12.2. The summed E-state index contributed by atoms with van der Waals surface area (Å²) in [7, 11) is 0.0515. The zero-order chi connectivity index (χ0) is 13.4. The Morgan fingerprint density at radius 2 is 2.17 bits per heavy atom. The Kier molecular flexibility index (Phi) is 6.27. The number of nitrogens with one attached hydrogen (secondary N) is 2. The molecule has 0 fully saturated rings. The average Bonchev–Trinajstić information content (AvgIpc) is 2.82. The van der Waals surface area contributed by atoms with Crippen LogP contribution in [0.25, 0.3) is 0 Å². The van der Waals surface area contributed by atoms with Gasteiger partial charge in [-0.3, -0.25) is 0 Å². The van der Waals surface area contributed by atoms with Crippen LogP contribution in [-0.4, -0.2) is 56.0 Å². The minimum absolute atomic E-state index is 0.356. The summed E-state index contributed by atoms with van der Waals surface area (Å²) in [5.74, 6) is 0. The Hall–Kier alpha value is -0.960. The Morgan fingerprint density at radius 3 is 2.78 bits per heavy atom.